The van der Waals surface area contributed by atoms with E-state index in [9.17, 15) is 13.5 Å². The number of fused-ring (bicyclic) bond motifs is 3. The fourth-order valence-corrected chi connectivity index (χ4v) is 9.59. The molecular formula is C24H33NO4S. The highest BCUT2D eigenvalue weighted by Crippen LogP contribution is 2.77. The van der Waals surface area contributed by atoms with Crippen LogP contribution in [0.15, 0.2) is 18.2 Å². The lowest BCUT2D eigenvalue weighted by molar-refractivity contribution is -0.101. The Kier molecular flexibility index (Phi) is 4.06. The van der Waals surface area contributed by atoms with Crippen molar-refractivity contribution in [1.82, 2.24) is 4.31 Å². The first-order valence-electron chi connectivity index (χ1n) is 11.8. The van der Waals surface area contributed by atoms with Crippen molar-refractivity contribution < 1.29 is 17.7 Å². The highest BCUT2D eigenvalue weighted by Gasteiger charge is 2.73. The Bertz CT molecular complexity index is 975. The zero-order valence-corrected chi connectivity index (χ0v) is 18.7. The SMILES string of the molecule is C[C@]12CCC3c4ccc(OS(=O)(=O)N5CCCC5)cc4CCC3C13CCC2(O)CC3. The van der Waals surface area contributed by atoms with E-state index in [4.69, 9.17) is 4.18 Å². The molecule has 30 heavy (non-hydrogen) atoms. The minimum absolute atomic E-state index is 0.0749. The topological polar surface area (TPSA) is 66.8 Å². The van der Waals surface area contributed by atoms with Gasteiger partial charge < -0.3 is 9.29 Å². The van der Waals surface area contributed by atoms with E-state index in [2.05, 4.69) is 13.0 Å². The van der Waals surface area contributed by atoms with Gasteiger partial charge in [0.15, 0.2) is 0 Å². The number of nitrogens with zero attached hydrogens (tertiary/aromatic N) is 1. The van der Waals surface area contributed by atoms with Gasteiger partial charge in [-0.25, -0.2) is 0 Å². The van der Waals surface area contributed by atoms with Crippen molar-refractivity contribution in [3.63, 3.8) is 0 Å². The van der Waals surface area contributed by atoms with Crippen molar-refractivity contribution in [3.8, 4) is 5.75 Å². The summed E-state index contributed by atoms with van der Waals surface area (Å²) in [7, 11) is -3.69. The quantitative estimate of drug-likeness (QED) is 0.780. The molecule has 3 saturated carbocycles. The Balaban J connectivity index is 1.29. The summed E-state index contributed by atoms with van der Waals surface area (Å²) in [5.41, 5.74) is 2.58. The third-order valence-corrected chi connectivity index (χ3v) is 11.5. The van der Waals surface area contributed by atoms with Crippen LogP contribution >= 0.6 is 0 Å². The standard InChI is InChI=1S/C24H33NO4S/c1-22-9-8-20-19-6-5-18(29-30(27,28)25-14-2-3-15-25)16-17(19)4-7-21(20)23(22)10-12-24(22,26)13-11-23/h5-6,16,20-21,26H,2-4,7-15H2,1H3/t20?,21?,22-,23?,24?/m0/s1. The van der Waals surface area contributed by atoms with Crippen molar-refractivity contribution >= 4 is 10.3 Å². The summed E-state index contributed by atoms with van der Waals surface area (Å²) >= 11 is 0. The summed E-state index contributed by atoms with van der Waals surface area (Å²) in [4.78, 5) is 0. The molecule has 6 rings (SSSR count). The third-order valence-electron chi connectivity index (χ3n) is 10.1. The molecule has 2 bridgehead atoms. The maximum Gasteiger partial charge on any atom is 0.385 e. The lowest BCUT2D eigenvalue weighted by atomic mass is 9.48. The second-order valence-electron chi connectivity index (χ2n) is 10.8. The van der Waals surface area contributed by atoms with Gasteiger partial charge in [-0.1, -0.05) is 13.0 Å². The molecule has 5 aliphatic rings. The van der Waals surface area contributed by atoms with Crippen LogP contribution < -0.4 is 4.18 Å². The van der Waals surface area contributed by atoms with Crippen LogP contribution in [-0.2, 0) is 16.7 Å². The predicted octanol–water partition coefficient (Wildman–Crippen LogP) is 4.16. The first-order valence-corrected chi connectivity index (χ1v) is 13.2. The summed E-state index contributed by atoms with van der Waals surface area (Å²) in [5, 5.41) is 11.3. The van der Waals surface area contributed by atoms with E-state index in [1.807, 2.05) is 12.1 Å². The number of aryl methyl sites for hydroxylation is 1. The van der Waals surface area contributed by atoms with Crippen LogP contribution in [0, 0.1) is 16.7 Å². The molecule has 0 aromatic heterocycles. The lowest BCUT2D eigenvalue weighted by Crippen LogP contribution is -2.51. The molecule has 2 unspecified atom stereocenters. The van der Waals surface area contributed by atoms with Crippen molar-refractivity contribution in [3.05, 3.63) is 29.3 Å². The summed E-state index contributed by atoms with van der Waals surface area (Å²) < 4.78 is 32.1. The van der Waals surface area contributed by atoms with E-state index in [0.717, 1.165) is 51.4 Å². The zero-order valence-electron chi connectivity index (χ0n) is 17.9. The summed E-state index contributed by atoms with van der Waals surface area (Å²) in [6.45, 7) is 3.49. The number of benzene rings is 1. The molecule has 4 aliphatic carbocycles. The van der Waals surface area contributed by atoms with Crippen LogP contribution in [0.1, 0.15) is 81.8 Å². The number of hydrogen-bond donors (Lipinski definition) is 1. The normalized spacial score (nSPS) is 42.6. The molecule has 1 saturated heterocycles. The molecular weight excluding hydrogens is 398 g/mol. The molecule has 0 spiro atoms. The third kappa shape index (κ3) is 2.39. The van der Waals surface area contributed by atoms with Crippen molar-refractivity contribution in [2.75, 3.05) is 13.1 Å². The molecule has 1 heterocycles. The molecule has 1 aromatic carbocycles. The fourth-order valence-electron chi connectivity index (χ4n) is 8.43. The monoisotopic (exact) mass is 431 g/mol. The lowest BCUT2D eigenvalue weighted by Gasteiger charge is -2.56. The van der Waals surface area contributed by atoms with Crippen LogP contribution in [0.4, 0.5) is 0 Å². The maximum atomic E-state index is 12.6. The van der Waals surface area contributed by atoms with Gasteiger partial charge in [-0.05, 0) is 105 Å². The van der Waals surface area contributed by atoms with Gasteiger partial charge in [-0.3, -0.25) is 0 Å². The molecule has 0 radical (unpaired) electrons. The number of hydrogen-bond acceptors (Lipinski definition) is 4. The second-order valence-corrected chi connectivity index (χ2v) is 12.4. The van der Waals surface area contributed by atoms with E-state index < -0.39 is 15.9 Å². The molecule has 6 heteroatoms. The van der Waals surface area contributed by atoms with E-state index in [0.29, 0.717) is 30.7 Å². The van der Waals surface area contributed by atoms with E-state index in [1.165, 1.54) is 28.3 Å². The van der Waals surface area contributed by atoms with Gasteiger partial charge in [-0.15, -0.1) is 0 Å². The molecule has 3 atom stereocenters. The number of aliphatic hydroxyl groups is 1. The van der Waals surface area contributed by atoms with Crippen LogP contribution in [0.5, 0.6) is 5.75 Å². The van der Waals surface area contributed by atoms with Crippen LogP contribution in [0.3, 0.4) is 0 Å². The predicted molar refractivity (Wildman–Crippen MR) is 115 cm³/mol. The first kappa shape index (κ1) is 19.6. The first-order chi connectivity index (χ1) is 14.3. The Morgan fingerprint density at radius 3 is 2.53 bits per heavy atom. The average molecular weight is 432 g/mol. The second kappa shape index (κ2) is 6.23. The summed E-state index contributed by atoms with van der Waals surface area (Å²) in [5.74, 6) is 1.63. The molecule has 164 valence electrons. The van der Waals surface area contributed by atoms with E-state index in [-0.39, 0.29) is 10.8 Å². The molecule has 4 fully saturated rings. The van der Waals surface area contributed by atoms with Gasteiger partial charge in [0.05, 0.1) is 5.60 Å². The fraction of sp³-hybridized carbons (Fsp3) is 0.750. The minimum Gasteiger partial charge on any atom is -0.389 e. The zero-order chi connectivity index (χ0) is 20.8. The summed E-state index contributed by atoms with van der Waals surface area (Å²) in [6.07, 6.45) is 10.5. The van der Waals surface area contributed by atoms with Crippen molar-refractivity contribution in [2.24, 2.45) is 16.7 Å². The molecule has 1 aliphatic heterocycles. The minimum atomic E-state index is -3.69. The van der Waals surface area contributed by atoms with Crippen LogP contribution in [0.25, 0.3) is 0 Å². The van der Waals surface area contributed by atoms with E-state index in [1.54, 1.807) is 0 Å². The maximum absolute atomic E-state index is 12.6. The van der Waals surface area contributed by atoms with Crippen LogP contribution in [0.2, 0.25) is 0 Å². The molecule has 1 aromatic rings. The van der Waals surface area contributed by atoms with Crippen LogP contribution in [-0.4, -0.2) is 36.5 Å². The number of rotatable bonds is 3. The van der Waals surface area contributed by atoms with Gasteiger partial charge in [0, 0.05) is 18.5 Å². The van der Waals surface area contributed by atoms with Gasteiger partial charge >= 0.3 is 10.3 Å². The molecule has 0 amide bonds. The van der Waals surface area contributed by atoms with Crippen molar-refractivity contribution in [1.29, 1.82) is 0 Å². The van der Waals surface area contributed by atoms with Gasteiger partial charge in [0.2, 0.25) is 0 Å². The van der Waals surface area contributed by atoms with Gasteiger partial charge in [0.1, 0.15) is 5.75 Å². The summed E-state index contributed by atoms with van der Waals surface area (Å²) in [6, 6.07) is 5.97. The smallest absolute Gasteiger partial charge is 0.385 e. The Morgan fingerprint density at radius 2 is 1.80 bits per heavy atom. The Hall–Kier alpha value is -1.11. The molecule has 5 nitrogen and oxygen atoms in total. The van der Waals surface area contributed by atoms with Gasteiger partial charge in [0.25, 0.3) is 0 Å². The molecule has 1 N–H and O–H groups in total. The van der Waals surface area contributed by atoms with Gasteiger partial charge in [-0.2, -0.15) is 12.7 Å². The Morgan fingerprint density at radius 1 is 1.07 bits per heavy atom. The highest BCUT2D eigenvalue weighted by atomic mass is 32.2. The average Bonchev–Trinajstić information content (AvgIpc) is 3.39. The van der Waals surface area contributed by atoms with Crippen molar-refractivity contribution in [2.45, 2.75) is 82.7 Å². The highest BCUT2D eigenvalue weighted by molar-refractivity contribution is 7.84. The Labute approximate surface area is 180 Å². The largest absolute Gasteiger partial charge is 0.389 e. The van der Waals surface area contributed by atoms with E-state index >= 15 is 0 Å².